The normalized spacial score (nSPS) is 20.0. The Hall–Kier alpha value is -2.17. The Kier molecular flexibility index (Phi) is 6.30. The first-order chi connectivity index (χ1) is 12.7. The van der Waals surface area contributed by atoms with Crippen molar-refractivity contribution in [3.8, 4) is 11.1 Å². The molecule has 4 heteroatoms. The van der Waals surface area contributed by atoms with E-state index < -0.39 is 5.79 Å². The lowest BCUT2D eigenvalue weighted by Gasteiger charge is -2.39. The first-order valence-electron chi connectivity index (χ1n) is 9.01. The number of hydrogen-bond donors (Lipinski definition) is 1. The fourth-order valence-electron chi connectivity index (χ4n) is 3.48. The lowest BCUT2D eigenvalue weighted by Crippen LogP contribution is -2.49. The molecule has 3 nitrogen and oxygen atoms in total. The summed E-state index contributed by atoms with van der Waals surface area (Å²) < 4.78 is 5.78. The minimum Gasteiger partial charge on any atom is -0.361 e. The molecule has 1 fully saturated rings. The predicted octanol–water partition coefficient (Wildman–Crippen LogP) is 4.45. The van der Waals surface area contributed by atoms with E-state index in [1.165, 1.54) is 11.1 Å². The summed E-state index contributed by atoms with van der Waals surface area (Å²) in [4.78, 5) is 2.24. The Labute approximate surface area is 166 Å². The van der Waals surface area contributed by atoms with Crippen molar-refractivity contribution in [3.05, 3.63) is 96.1 Å². The average Bonchev–Trinajstić information content (AvgIpc) is 2.70. The van der Waals surface area contributed by atoms with Crippen LogP contribution in [0.4, 0.5) is 0 Å². The Balaban J connectivity index is 0.00000210. The van der Waals surface area contributed by atoms with Gasteiger partial charge in [0.2, 0.25) is 5.79 Å². The van der Waals surface area contributed by atoms with Crippen LogP contribution in [0.5, 0.6) is 0 Å². The second-order valence-electron chi connectivity index (χ2n) is 6.77. The number of hydrogen-bond acceptors (Lipinski definition) is 3. The number of rotatable bonds is 4. The molecule has 1 heterocycles. The molecule has 0 bridgehead atoms. The van der Waals surface area contributed by atoms with Crippen LogP contribution in [-0.2, 0) is 17.1 Å². The zero-order chi connectivity index (χ0) is 17.8. The second-order valence-corrected chi connectivity index (χ2v) is 6.77. The first-order valence-corrected chi connectivity index (χ1v) is 9.01. The van der Waals surface area contributed by atoms with Gasteiger partial charge in [-0.2, -0.15) is 0 Å². The van der Waals surface area contributed by atoms with Gasteiger partial charge in [-0.25, -0.2) is 0 Å². The highest BCUT2D eigenvalue weighted by Gasteiger charge is 2.36. The van der Waals surface area contributed by atoms with Crippen molar-refractivity contribution in [2.75, 3.05) is 19.7 Å². The number of halogens is 1. The van der Waals surface area contributed by atoms with Gasteiger partial charge in [-0.1, -0.05) is 84.9 Å². The van der Waals surface area contributed by atoms with Crippen LogP contribution in [-0.4, -0.2) is 29.7 Å². The third-order valence-corrected chi connectivity index (χ3v) is 4.88. The summed E-state index contributed by atoms with van der Waals surface area (Å²) in [7, 11) is 0. The fourth-order valence-corrected chi connectivity index (χ4v) is 3.48. The largest absolute Gasteiger partial charge is 0.361 e. The molecule has 1 saturated heterocycles. The van der Waals surface area contributed by atoms with Gasteiger partial charge >= 0.3 is 0 Å². The molecule has 4 rings (SSSR count). The predicted molar refractivity (Wildman–Crippen MR) is 111 cm³/mol. The zero-order valence-electron chi connectivity index (χ0n) is 15.1. The molecule has 1 atom stereocenters. The molecular formula is C23H24ClNO2. The Morgan fingerprint density at radius 3 is 2.07 bits per heavy atom. The van der Waals surface area contributed by atoms with Crippen molar-refractivity contribution in [1.29, 1.82) is 0 Å². The SMILES string of the molecule is Cl.OC1(c2ccc(-c3ccccc3)cc2)CN(Cc2ccccc2)CCO1. The van der Waals surface area contributed by atoms with Crippen molar-refractivity contribution in [2.45, 2.75) is 12.3 Å². The molecule has 0 aromatic heterocycles. The number of ether oxygens (including phenoxy) is 1. The van der Waals surface area contributed by atoms with Crippen LogP contribution in [0.2, 0.25) is 0 Å². The Morgan fingerprint density at radius 1 is 0.815 bits per heavy atom. The van der Waals surface area contributed by atoms with Gasteiger partial charge < -0.3 is 9.84 Å². The molecule has 1 N–H and O–H groups in total. The summed E-state index contributed by atoms with van der Waals surface area (Å²) in [6.07, 6.45) is 0. The molecular weight excluding hydrogens is 358 g/mol. The highest BCUT2D eigenvalue weighted by molar-refractivity contribution is 5.85. The van der Waals surface area contributed by atoms with Crippen molar-refractivity contribution in [3.63, 3.8) is 0 Å². The van der Waals surface area contributed by atoms with Crippen molar-refractivity contribution in [1.82, 2.24) is 4.90 Å². The van der Waals surface area contributed by atoms with Crippen LogP contribution in [0, 0.1) is 0 Å². The summed E-state index contributed by atoms with van der Waals surface area (Å²) in [5.41, 5.74) is 4.35. The van der Waals surface area contributed by atoms with Gasteiger partial charge in [0.15, 0.2) is 0 Å². The molecule has 1 aliphatic rings. The topological polar surface area (TPSA) is 32.7 Å². The molecule has 27 heavy (non-hydrogen) atoms. The maximum atomic E-state index is 11.1. The summed E-state index contributed by atoms with van der Waals surface area (Å²) in [6, 6.07) is 28.6. The van der Waals surface area contributed by atoms with Crippen LogP contribution < -0.4 is 0 Å². The Morgan fingerprint density at radius 2 is 1.41 bits per heavy atom. The molecule has 1 aliphatic heterocycles. The van der Waals surface area contributed by atoms with Crippen LogP contribution in [0.25, 0.3) is 11.1 Å². The maximum Gasteiger partial charge on any atom is 0.205 e. The molecule has 0 radical (unpaired) electrons. The third kappa shape index (κ3) is 4.57. The monoisotopic (exact) mass is 381 g/mol. The van der Waals surface area contributed by atoms with E-state index in [4.69, 9.17) is 4.74 Å². The van der Waals surface area contributed by atoms with Gasteiger partial charge in [-0.3, -0.25) is 4.90 Å². The van der Waals surface area contributed by atoms with E-state index in [0.29, 0.717) is 13.2 Å². The lowest BCUT2D eigenvalue weighted by molar-refractivity contribution is -0.249. The molecule has 0 saturated carbocycles. The number of nitrogens with zero attached hydrogens (tertiary/aromatic N) is 1. The second kappa shape index (κ2) is 8.68. The van der Waals surface area contributed by atoms with Crippen LogP contribution in [0.15, 0.2) is 84.9 Å². The summed E-state index contributed by atoms with van der Waals surface area (Å²) in [5, 5.41) is 11.1. The van der Waals surface area contributed by atoms with E-state index in [2.05, 4.69) is 29.2 Å². The van der Waals surface area contributed by atoms with Crippen molar-refractivity contribution >= 4 is 12.4 Å². The smallest absolute Gasteiger partial charge is 0.205 e. The van der Waals surface area contributed by atoms with E-state index >= 15 is 0 Å². The molecule has 0 spiro atoms. The van der Waals surface area contributed by atoms with Gasteiger partial charge in [-0.05, 0) is 16.7 Å². The number of β-amino-alcohol motifs (C(OH)–C–C–N with tert-alkyl or cyclic N) is 1. The zero-order valence-corrected chi connectivity index (χ0v) is 15.9. The van der Waals surface area contributed by atoms with E-state index in [1.54, 1.807) is 0 Å². The molecule has 140 valence electrons. The van der Waals surface area contributed by atoms with E-state index in [1.807, 2.05) is 60.7 Å². The van der Waals surface area contributed by atoms with Crippen LogP contribution >= 0.6 is 12.4 Å². The standard InChI is InChI=1S/C23H23NO2.ClH/c25-23(18-24(15-16-26-23)17-19-7-3-1-4-8-19)22-13-11-21(12-14-22)20-9-5-2-6-10-20;/h1-14,25H,15-18H2;1H. The van der Waals surface area contributed by atoms with E-state index in [9.17, 15) is 5.11 Å². The number of benzene rings is 3. The highest BCUT2D eigenvalue weighted by Crippen LogP contribution is 2.30. The van der Waals surface area contributed by atoms with Gasteiger partial charge in [0.1, 0.15) is 0 Å². The quantitative estimate of drug-likeness (QED) is 0.724. The molecule has 1 unspecified atom stereocenters. The first kappa shape index (κ1) is 19.6. The van der Waals surface area contributed by atoms with E-state index in [-0.39, 0.29) is 12.4 Å². The minimum absolute atomic E-state index is 0. The van der Waals surface area contributed by atoms with E-state index in [0.717, 1.165) is 24.2 Å². The molecule has 0 aliphatic carbocycles. The summed E-state index contributed by atoms with van der Waals surface area (Å²) >= 11 is 0. The molecule has 3 aromatic rings. The third-order valence-electron chi connectivity index (χ3n) is 4.88. The summed E-state index contributed by atoms with van der Waals surface area (Å²) in [6.45, 7) is 2.62. The fraction of sp³-hybridized carbons (Fsp3) is 0.217. The van der Waals surface area contributed by atoms with Crippen LogP contribution in [0.3, 0.4) is 0 Å². The summed E-state index contributed by atoms with van der Waals surface area (Å²) in [5.74, 6) is -1.26. The number of aliphatic hydroxyl groups is 1. The number of morpholine rings is 1. The van der Waals surface area contributed by atoms with Crippen molar-refractivity contribution in [2.24, 2.45) is 0 Å². The van der Waals surface area contributed by atoms with Gasteiger partial charge in [0.05, 0.1) is 13.2 Å². The highest BCUT2D eigenvalue weighted by atomic mass is 35.5. The molecule has 0 amide bonds. The van der Waals surface area contributed by atoms with Gasteiger partial charge in [0, 0.05) is 18.7 Å². The lowest BCUT2D eigenvalue weighted by atomic mass is 9.99. The van der Waals surface area contributed by atoms with Crippen LogP contribution in [0.1, 0.15) is 11.1 Å². The Bertz CT molecular complexity index is 839. The maximum absolute atomic E-state index is 11.1. The van der Waals surface area contributed by atoms with Gasteiger partial charge in [0.25, 0.3) is 0 Å². The van der Waals surface area contributed by atoms with Crippen molar-refractivity contribution < 1.29 is 9.84 Å². The minimum atomic E-state index is -1.26. The molecule has 3 aromatic carbocycles. The average molecular weight is 382 g/mol. The van der Waals surface area contributed by atoms with Gasteiger partial charge in [-0.15, -0.1) is 12.4 Å².